The van der Waals surface area contributed by atoms with Gasteiger partial charge in [0.15, 0.2) is 0 Å². The Hall–Kier alpha value is -0.210. The van der Waals surface area contributed by atoms with Crippen LogP contribution in [-0.2, 0) is 14.8 Å². The molecule has 2 heterocycles. The second-order valence-electron chi connectivity index (χ2n) is 8.01. The lowest BCUT2D eigenvalue weighted by atomic mass is 9.92. The molecule has 2 rings (SSSR count). The van der Waals surface area contributed by atoms with Crippen molar-refractivity contribution in [2.45, 2.75) is 39.3 Å². The summed E-state index contributed by atoms with van der Waals surface area (Å²) >= 11 is 0. The van der Waals surface area contributed by atoms with Crippen LogP contribution in [0.15, 0.2) is 0 Å². The summed E-state index contributed by atoms with van der Waals surface area (Å²) in [4.78, 5) is 4.90. The molecule has 7 heteroatoms. The Morgan fingerprint density at radius 1 is 1.22 bits per heavy atom. The van der Waals surface area contributed by atoms with Gasteiger partial charge in [-0.2, -0.15) is 0 Å². The van der Waals surface area contributed by atoms with Crippen LogP contribution in [-0.4, -0.2) is 82.0 Å². The van der Waals surface area contributed by atoms with Crippen LogP contribution in [0.3, 0.4) is 0 Å². The van der Waals surface area contributed by atoms with Gasteiger partial charge in [0.1, 0.15) is 0 Å². The van der Waals surface area contributed by atoms with Crippen LogP contribution in [0.4, 0.5) is 0 Å². The number of ether oxygens (including phenoxy) is 1. The van der Waals surface area contributed by atoms with Crippen molar-refractivity contribution < 1.29 is 13.2 Å². The van der Waals surface area contributed by atoms with Crippen LogP contribution in [0.2, 0.25) is 0 Å². The van der Waals surface area contributed by atoms with E-state index in [1.165, 1.54) is 6.26 Å². The molecule has 2 saturated heterocycles. The van der Waals surface area contributed by atoms with Crippen molar-refractivity contribution in [3.8, 4) is 0 Å². The van der Waals surface area contributed by atoms with Crippen LogP contribution < -0.4 is 4.72 Å². The number of sulfonamides is 1. The molecule has 0 aliphatic carbocycles. The Morgan fingerprint density at radius 3 is 2.35 bits per heavy atom. The zero-order valence-electron chi connectivity index (χ0n) is 15.2. The maximum absolute atomic E-state index is 11.6. The summed E-state index contributed by atoms with van der Waals surface area (Å²) < 4.78 is 31.6. The molecule has 0 aromatic heterocycles. The fourth-order valence-electron chi connectivity index (χ4n) is 3.93. The van der Waals surface area contributed by atoms with Crippen LogP contribution in [0.5, 0.6) is 0 Å². The standard InChI is InChI=1S/C16H33N3O3S/c1-13(2)14-10-18(11-15(14)17-23(5,20)21)12-16(3,4)19-6-8-22-9-7-19/h13-15,17H,6-12H2,1-5H3/t14-,15+/m1/s1. The molecule has 0 saturated carbocycles. The SMILES string of the molecule is CC(C)[C@H]1CN(CC(C)(C)N2CCOCC2)C[C@@H]1NS(C)(=O)=O. The van der Waals surface area contributed by atoms with Gasteiger partial charge in [0, 0.05) is 44.3 Å². The molecule has 0 bridgehead atoms. The molecule has 2 aliphatic heterocycles. The van der Waals surface area contributed by atoms with Crippen molar-refractivity contribution in [2.75, 3.05) is 52.2 Å². The first-order valence-corrected chi connectivity index (χ1v) is 10.5. The third kappa shape index (κ3) is 5.39. The van der Waals surface area contributed by atoms with Gasteiger partial charge in [-0.25, -0.2) is 13.1 Å². The smallest absolute Gasteiger partial charge is 0.209 e. The average molecular weight is 348 g/mol. The van der Waals surface area contributed by atoms with Crippen molar-refractivity contribution >= 4 is 10.0 Å². The van der Waals surface area contributed by atoms with Crippen molar-refractivity contribution in [3.05, 3.63) is 0 Å². The molecule has 0 amide bonds. The van der Waals surface area contributed by atoms with E-state index in [2.05, 4.69) is 42.2 Å². The number of nitrogens with one attached hydrogen (secondary N) is 1. The fraction of sp³-hybridized carbons (Fsp3) is 1.00. The largest absolute Gasteiger partial charge is 0.379 e. The minimum absolute atomic E-state index is 0.0190. The average Bonchev–Trinajstić information content (AvgIpc) is 2.79. The van der Waals surface area contributed by atoms with Crippen molar-refractivity contribution in [3.63, 3.8) is 0 Å². The van der Waals surface area contributed by atoms with E-state index in [9.17, 15) is 8.42 Å². The molecule has 136 valence electrons. The van der Waals surface area contributed by atoms with Crippen molar-refractivity contribution in [2.24, 2.45) is 11.8 Å². The lowest BCUT2D eigenvalue weighted by Gasteiger charge is -2.43. The second kappa shape index (κ2) is 7.35. The predicted molar refractivity (Wildman–Crippen MR) is 93.0 cm³/mol. The van der Waals surface area contributed by atoms with Gasteiger partial charge < -0.3 is 4.74 Å². The summed E-state index contributed by atoms with van der Waals surface area (Å²) in [6.45, 7) is 15.2. The van der Waals surface area contributed by atoms with Crippen molar-refractivity contribution in [1.29, 1.82) is 0 Å². The Labute approximate surface area is 141 Å². The summed E-state index contributed by atoms with van der Waals surface area (Å²) in [6, 6.07) is 0.0190. The number of morpholine rings is 1. The highest BCUT2D eigenvalue weighted by atomic mass is 32.2. The first-order chi connectivity index (χ1) is 10.6. The van der Waals surface area contributed by atoms with Crippen LogP contribution in [0.25, 0.3) is 0 Å². The summed E-state index contributed by atoms with van der Waals surface area (Å²) in [5, 5.41) is 0. The number of nitrogens with zero attached hydrogens (tertiary/aromatic N) is 2. The van der Waals surface area contributed by atoms with Crippen LogP contribution in [0, 0.1) is 11.8 Å². The first kappa shape index (κ1) is 19.1. The molecule has 0 radical (unpaired) electrons. The van der Waals surface area contributed by atoms with Gasteiger partial charge in [0.2, 0.25) is 10.0 Å². The molecule has 2 aliphatic rings. The molecule has 2 atom stereocenters. The molecule has 0 aromatic carbocycles. The van der Waals surface area contributed by atoms with E-state index >= 15 is 0 Å². The first-order valence-electron chi connectivity index (χ1n) is 8.61. The Balaban J connectivity index is 2.00. The van der Waals surface area contributed by atoms with Gasteiger partial charge in [0.25, 0.3) is 0 Å². The van der Waals surface area contributed by atoms with Gasteiger partial charge in [-0.15, -0.1) is 0 Å². The lowest BCUT2D eigenvalue weighted by Crippen LogP contribution is -2.55. The molecular formula is C16H33N3O3S. The van der Waals surface area contributed by atoms with Crippen LogP contribution in [0.1, 0.15) is 27.7 Å². The summed E-state index contributed by atoms with van der Waals surface area (Å²) in [5.74, 6) is 0.830. The lowest BCUT2D eigenvalue weighted by molar-refractivity contribution is -0.0200. The predicted octanol–water partition coefficient (Wildman–Crippen LogP) is 0.603. The summed E-state index contributed by atoms with van der Waals surface area (Å²) in [5.41, 5.74) is 0.0747. The number of likely N-dealkylation sites (tertiary alicyclic amines) is 1. The Kier molecular flexibility index (Phi) is 6.11. The van der Waals surface area contributed by atoms with Crippen LogP contribution >= 0.6 is 0 Å². The van der Waals surface area contributed by atoms with Gasteiger partial charge in [-0.05, 0) is 25.7 Å². The minimum Gasteiger partial charge on any atom is -0.379 e. The topological polar surface area (TPSA) is 61.9 Å². The molecular weight excluding hydrogens is 314 g/mol. The Morgan fingerprint density at radius 2 is 1.83 bits per heavy atom. The second-order valence-corrected chi connectivity index (χ2v) is 9.79. The van der Waals surface area contributed by atoms with E-state index in [0.29, 0.717) is 11.8 Å². The third-order valence-corrected chi connectivity index (χ3v) is 5.87. The van der Waals surface area contributed by atoms with E-state index in [-0.39, 0.29) is 11.6 Å². The number of hydrogen-bond donors (Lipinski definition) is 1. The zero-order chi connectivity index (χ0) is 17.3. The highest BCUT2D eigenvalue weighted by Crippen LogP contribution is 2.27. The van der Waals surface area contributed by atoms with E-state index in [4.69, 9.17) is 4.74 Å². The Bertz CT molecular complexity index is 487. The molecule has 0 unspecified atom stereocenters. The quantitative estimate of drug-likeness (QED) is 0.762. The van der Waals surface area contributed by atoms with E-state index in [0.717, 1.165) is 45.9 Å². The number of hydrogen-bond acceptors (Lipinski definition) is 5. The van der Waals surface area contributed by atoms with Gasteiger partial charge in [-0.3, -0.25) is 9.80 Å². The van der Waals surface area contributed by atoms with E-state index in [1.54, 1.807) is 0 Å². The van der Waals surface area contributed by atoms with E-state index < -0.39 is 10.0 Å². The molecule has 2 fully saturated rings. The highest BCUT2D eigenvalue weighted by Gasteiger charge is 2.39. The minimum atomic E-state index is -3.17. The van der Waals surface area contributed by atoms with Gasteiger partial charge in [0.05, 0.1) is 19.5 Å². The molecule has 0 aromatic rings. The maximum atomic E-state index is 11.6. The monoisotopic (exact) mass is 347 g/mol. The van der Waals surface area contributed by atoms with E-state index in [1.807, 2.05) is 0 Å². The molecule has 23 heavy (non-hydrogen) atoms. The van der Waals surface area contributed by atoms with Gasteiger partial charge >= 0.3 is 0 Å². The van der Waals surface area contributed by atoms with Crippen molar-refractivity contribution in [1.82, 2.24) is 14.5 Å². The normalized spacial score (nSPS) is 28.6. The maximum Gasteiger partial charge on any atom is 0.209 e. The zero-order valence-corrected chi connectivity index (χ0v) is 16.0. The fourth-order valence-corrected chi connectivity index (χ4v) is 4.73. The summed E-state index contributed by atoms with van der Waals surface area (Å²) in [7, 11) is -3.17. The molecule has 6 nitrogen and oxygen atoms in total. The molecule has 0 spiro atoms. The highest BCUT2D eigenvalue weighted by molar-refractivity contribution is 7.88. The third-order valence-electron chi connectivity index (χ3n) is 5.14. The van der Waals surface area contributed by atoms with Gasteiger partial charge in [-0.1, -0.05) is 13.8 Å². The number of rotatable bonds is 6. The summed E-state index contributed by atoms with van der Waals surface area (Å²) in [6.07, 6.45) is 1.25. The molecule has 1 N–H and O–H groups in total.